The number of carbonyl (C=O) groups excluding carboxylic acids is 2. The highest BCUT2D eigenvalue weighted by Crippen LogP contribution is 2.35. The van der Waals surface area contributed by atoms with E-state index in [4.69, 9.17) is 38.4 Å². The van der Waals surface area contributed by atoms with Crippen LogP contribution in [0, 0.1) is 0 Å². The van der Waals surface area contributed by atoms with Crippen LogP contribution in [0.5, 0.6) is 0 Å². The Morgan fingerprint density at radius 3 is 2.37 bits per heavy atom. The van der Waals surface area contributed by atoms with Crippen molar-refractivity contribution in [2.75, 3.05) is 44.4 Å². The molecule has 0 saturated heterocycles. The van der Waals surface area contributed by atoms with E-state index < -0.39 is 5.97 Å². The third-order valence-electron chi connectivity index (χ3n) is 8.24. The zero-order valence-electron chi connectivity index (χ0n) is 26.4. The Morgan fingerprint density at radius 2 is 1.67 bits per heavy atom. The molecule has 1 aliphatic rings. The summed E-state index contributed by atoms with van der Waals surface area (Å²) in [5, 5.41) is 7.96. The molecule has 11 heteroatoms. The largest absolute Gasteiger partial charge is 0.464 e. The van der Waals surface area contributed by atoms with E-state index in [0.29, 0.717) is 50.6 Å². The number of benzene rings is 3. The standard InChI is InChI=1S/C35H43BrCl2N4O4/c1-3-30(40-25-11-5-4-6-12-25)26-20-24(21-27(36)33(26)39)35(44)46-19-17-42(2)16-18-45-32(43)22-23-10-7-8-15-31(23)41-34-28(37)13-9-14-29(34)38/h7-10,13-15,20-21,25,30,40-41H,3-6,11-12,16-19,22,39H2,1-2H3. The predicted molar refractivity (Wildman–Crippen MR) is 190 cm³/mol. The molecular formula is C35H43BrCl2N4O4. The normalized spacial score (nSPS) is 14.2. The molecule has 46 heavy (non-hydrogen) atoms. The molecule has 0 radical (unpaired) electrons. The number of para-hydroxylation sites is 2. The van der Waals surface area contributed by atoms with Crippen LogP contribution in [0.25, 0.3) is 0 Å². The second-order valence-corrected chi connectivity index (χ2v) is 13.3. The predicted octanol–water partition coefficient (Wildman–Crippen LogP) is 8.33. The fraction of sp³-hybridized carbons (Fsp3) is 0.429. The van der Waals surface area contributed by atoms with Gasteiger partial charge in [-0.2, -0.15) is 0 Å². The number of hydrogen-bond donors (Lipinski definition) is 3. The highest BCUT2D eigenvalue weighted by atomic mass is 79.9. The lowest BCUT2D eigenvalue weighted by molar-refractivity contribution is -0.143. The average Bonchev–Trinajstić information content (AvgIpc) is 3.04. The van der Waals surface area contributed by atoms with Crippen molar-refractivity contribution in [3.63, 3.8) is 0 Å². The molecular weight excluding hydrogens is 691 g/mol. The van der Waals surface area contributed by atoms with Crippen molar-refractivity contribution in [1.82, 2.24) is 10.2 Å². The third kappa shape index (κ3) is 10.3. The first-order valence-electron chi connectivity index (χ1n) is 15.8. The topological polar surface area (TPSA) is 106 Å². The molecule has 0 spiro atoms. The first-order valence-corrected chi connectivity index (χ1v) is 17.4. The summed E-state index contributed by atoms with van der Waals surface area (Å²) in [7, 11) is 1.88. The molecule has 0 aliphatic heterocycles. The van der Waals surface area contributed by atoms with E-state index in [1.54, 1.807) is 24.3 Å². The molecule has 1 saturated carbocycles. The van der Waals surface area contributed by atoms with Crippen LogP contribution >= 0.6 is 39.1 Å². The number of ether oxygens (including phenoxy) is 2. The quantitative estimate of drug-likeness (QED) is 0.106. The maximum absolute atomic E-state index is 13.0. The Hall–Kier alpha value is -2.82. The van der Waals surface area contributed by atoms with Crippen molar-refractivity contribution in [3.05, 3.63) is 85.8 Å². The Bertz CT molecular complexity index is 1460. The van der Waals surface area contributed by atoms with Gasteiger partial charge in [0, 0.05) is 35.3 Å². The summed E-state index contributed by atoms with van der Waals surface area (Å²) in [5.74, 6) is -0.757. The van der Waals surface area contributed by atoms with E-state index in [2.05, 4.69) is 33.5 Å². The van der Waals surface area contributed by atoms with Crippen molar-refractivity contribution >= 4 is 68.1 Å². The molecule has 3 aromatic rings. The Morgan fingerprint density at radius 1 is 1.00 bits per heavy atom. The number of nitrogens with zero attached hydrogens (tertiary/aromatic N) is 1. The van der Waals surface area contributed by atoms with Gasteiger partial charge in [0.05, 0.1) is 33.4 Å². The van der Waals surface area contributed by atoms with Crippen molar-refractivity contribution < 1.29 is 19.1 Å². The van der Waals surface area contributed by atoms with Crippen LogP contribution in [0.15, 0.2) is 59.1 Å². The third-order valence-corrected chi connectivity index (χ3v) is 9.53. The molecule has 4 rings (SSSR count). The van der Waals surface area contributed by atoms with Crippen molar-refractivity contribution in [2.45, 2.75) is 64.0 Å². The molecule has 1 aliphatic carbocycles. The summed E-state index contributed by atoms with van der Waals surface area (Å²) < 4.78 is 11.8. The van der Waals surface area contributed by atoms with E-state index >= 15 is 0 Å². The van der Waals surface area contributed by atoms with Gasteiger partial charge in [0.2, 0.25) is 0 Å². The lowest BCUT2D eigenvalue weighted by Crippen LogP contribution is -2.34. The van der Waals surface area contributed by atoms with Gasteiger partial charge in [0.15, 0.2) is 0 Å². The summed E-state index contributed by atoms with van der Waals surface area (Å²) in [6.07, 6.45) is 7.05. The maximum atomic E-state index is 13.0. The minimum atomic E-state index is -0.403. The number of anilines is 3. The lowest BCUT2D eigenvalue weighted by atomic mass is 9.92. The number of esters is 2. The molecule has 1 unspecified atom stereocenters. The summed E-state index contributed by atoms with van der Waals surface area (Å²) in [5.41, 5.74) is 10.5. The van der Waals surface area contributed by atoms with Gasteiger partial charge < -0.3 is 25.8 Å². The summed E-state index contributed by atoms with van der Waals surface area (Å²) in [4.78, 5) is 27.6. The van der Waals surface area contributed by atoms with Crippen LogP contribution in [0.4, 0.5) is 17.1 Å². The van der Waals surface area contributed by atoms with Crippen LogP contribution in [0.1, 0.15) is 73.0 Å². The molecule has 0 heterocycles. The van der Waals surface area contributed by atoms with E-state index in [0.717, 1.165) is 36.1 Å². The molecule has 0 aromatic heterocycles. The van der Waals surface area contributed by atoms with Gasteiger partial charge in [0.25, 0.3) is 0 Å². The zero-order chi connectivity index (χ0) is 33.1. The second kappa shape index (κ2) is 17.9. The average molecular weight is 735 g/mol. The summed E-state index contributed by atoms with van der Waals surface area (Å²) >= 11 is 16.2. The van der Waals surface area contributed by atoms with Gasteiger partial charge in [-0.15, -0.1) is 0 Å². The lowest BCUT2D eigenvalue weighted by Gasteiger charge is -2.29. The van der Waals surface area contributed by atoms with E-state index in [9.17, 15) is 9.59 Å². The Balaban J connectivity index is 1.22. The molecule has 0 bridgehead atoms. The maximum Gasteiger partial charge on any atom is 0.338 e. The highest BCUT2D eigenvalue weighted by Gasteiger charge is 2.23. The molecule has 8 nitrogen and oxygen atoms in total. The SMILES string of the molecule is CCC(NC1CCCCC1)c1cc(C(=O)OCCN(C)CCOC(=O)Cc2ccccc2Nc2c(Cl)cccc2Cl)cc(Br)c1N. The number of carbonyl (C=O) groups is 2. The number of nitrogen functional groups attached to an aromatic ring is 1. The molecule has 4 N–H and O–H groups in total. The Kier molecular flexibility index (Phi) is 14.0. The molecule has 1 fully saturated rings. The van der Waals surface area contributed by atoms with E-state index in [-0.39, 0.29) is 31.6 Å². The zero-order valence-corrected chi connectivity index (χ0v) is 29.5. The first-order chi connectivity index (χ1) is 22.2. The van der Waals surface area contributed by atoms with Gasteiger partial charge >= 0.3 is 11.9 Å². The summed E-state index contributed by atoms with van der Waals surface area (Å²) in [6, 6.07) is 16.8. The monoisotopic (exact) mass is 732 g/mol. The van der Waals surface area contributed by atoms with Gasteiger partial charge in [-0.05, 0) is 83.7 Å². The fourth-order valence-electron chi connectivity index (χ4n) is 5.59. The number of halogens is 3. The number of hydrogen-bond acceptors (Lipinski definition) is 8. The van der Waals surface area contributed by atoms with Crippen LogP contribution in [-0.2, 0) is 20.7 Å². The van der Waals surface area contributed by atoms with E-state index in [1.807, 2.05) is 42.3 Å². The smallest absolute Gasteiger partial charge is 0.338 e. The Labute approximate surface area is 290 Å². The van der Waals surface area contributed by atoms with Crippen molar-refractivity contribution in [2.24, 2.45) is 0 Å². The molecule has 0 amide bonds. The number of likely N-dealkylation sites (N-methyl/N-ethyl adjacent to an activating group) is 1. The minimum absolute atomic E-state index is 0.0617. The number of rotatable bonds is 15. The van der Waals surface area contributed by atoms with Gasteiger partial charge in [-0.3, -0.25) is 9.69 Å². The molecule has 1 atom stereocenters. The van der Waals surface area contributed by atoms with Crippen molar-refractivity contribution in [1.29, 1.82) is 0 Å². The van der Waals surface area contributed by atoms with Crippen molar-refractivity contribution in [3.8, 4) is 0 Å². The number of nitrogens with one attached hydrogen (secondary N) is 2. The van der Waals surface area contributed by atoms with Crippen LogP contribution < -0.4 is 16.4 Å². The number of nitrogens with two attached hydrogens (primary N) is 1. The first kappa shape index (κ1) is 36.0. The van der Waals surface area contributed by atoms with Crippen LogP contribution in [0.3, 0.4) is 0 Å². The van der Waals surface area contributed by atoms with Gasteiger partial charge in [-0.25, -0.2) is 4.79 Å². The molecule has 3 aromatic carbocycles. The van der Waals surface area contributed by atoms with E-state index in [1.165, 1.54) is 19.3 Å². The second-order valence-electron chi connectivity index (χ2n) is 11.6. The minimum Gasteiger partial charge on any atom is -0.464 e. The fourth-order valence-corrected chi connectivity index (χ4v) is 6.55. The van der Waals surface area contributed by atoms with Gasteiger partial charge in [0.1, 0.15) is 13.2 Å². The molecule has 248 valence electrons. The van der Waals surface area contributed by atoms with Crippen LogP contribution in [-0.4, -0.2) is 56.2 Å². The highest BCUT2D eigenvalue weighted by molar-refractivity contribution is 9.10. The van der Waals surface area contributed by atoms with Gasteiger partial charge in [-0.1, -0.05) is 73.7 Å². The summed E-state index contributed by atoms with van der Waals surface area (Å²) in [6.45, 7) is 3.50. The van der Waals surface area contributed by atoms with Crippen LogP contribution in [0.2, 0.25) is 10.0 Å².